The predicted octanol–water partition coefficient (Wildman–Crippen LogP) is 3.11. The highest BCUT2D eigenvalue weighted by molar-refractivity contribution is 5.61. The SMILES string of the molecule is CN1C=NC(Cc2ccccc2)=C(N)C1c1ccccc1. The summed E-state index contributed by atoms with van der Waals surface area (Å²) in [6.07, 6.45) is 2.63. The number of rotatable bonds is 3. The average molecular weight is 277 g/mol. The Bertz CT molecular complexity index is 659. The van der Waals surface area contributed by atoms with Crippen LogP contribution in [0, 0.1) is 0 Å². The molecule has 1 atom stereocenters. The van der Waals surface area contributed by atoms with Gasteiger partial charge in [-0.3, -0.25) is 0 Å². The van der Waals surface area contributed by atoms with Gasteiger partial charge in [-0.25, -0.2) is 4.99 Å². The van der Waals surface area contributed by atoms with E-state index < -0.39 is 0 Å². The summed E-state index contributed by atoms with van der Waals surface area (Å²) in [7, 11) is 2.01. The van der Waals surface area contributed by atoms with Gasteiger partial charge in [-0.15, -0.1) is 0 Å². The lowest BCUT2D eigenvalue weighted by Crippen LogP contribution is -2.32. The molecule has 1 aliphatic heterocycles. The van der Waals surface area contributed by atoms with Crippen LogP contribution in [0.3, 0.4) is 0 Å². The third kappa shape index (κ3) is 2.82. The van der Waals surface area contributed by atoms with E-state index in [-0.39, 0.29) is 6.04 Å². The zero-order valence-corrected chi connectivity index (χ0v) is 12.1. The lowest BCUT2D eigenvalue weighted by atomic mass is 9.98. The highest BCUT2D eigenvalue weighted by atomic mass is 15.2. The van der Waals surface area contributed by atoms with Crippen LogP contribution in [0.4, 0.5) is 0 Å². The molecule has 3 nitrogen and oxygen atoms in total. The molecular weight excluding hydrogens is 258 g/mol. The second kappa shape index (κ2) is 5.83. The van der Waals surface area contributed by atoms with Crippen molar-refractivity contribution in [1.29, 1.82) is 0 Å². The molecular formula is C18H19N3. The Hall–Kier alpha value is -2.55. The standard InChI is InChI=1S/C18H19N3/c1-21-13-20-16(12-14-8-4-2-5-9-14)17(19)18(21)15-10-6-3-7-11-15/h2-11,13,18H,12,19H2,1H3. The number of aliphatic imine (C=N–C) groups is 1. The second-order valence-corrected chi connectivity index (χ2v) is 5.29. The number of benzene rings is 2. The Kier molecular flexibility index (Phi) is 3.73. The van der Waals surface area contributed by atoms with E-state index >= 15 is 0 Å². The Morgan fingerprint density at radius 1 is 1.00 bits per heavy atom. The molecule has 0 aliphatic carbocycles. The summed E-state index contributed by atoms with van der Waals surface area (Å²) < 4.78 is 0. The smallest absolute Gasteiger partial charge is 0.0962 e. The molecule has 1 unspecified atom stereocenters. The summed E-state index contributed by atoms with van der Waals surface area (Å²) >= 11 is 0. The van der Waals surface area contributed by atoms with Gasteiger partial charge >= 0.3 is 0 Å². The van der Waals surface area contributed by atoms with Crippen LogP contribution in [-0.4, -0.2) is 18.3 Å². The number of allylic oxidation sites excluding steroid dienone is 1. The molecule has 21 heavy (non-hydrogen) atoms. The van der Waals surface area contributed by atoms with E-state index in [2.05, 4.69) is 34.2 Å². The summed E-state index contributed by atoms with van der Waals surface area (Å²) in [6, 6.07) is 20.7. The molecule has 106 valence electrons. The lowest BCUT2D eigenvalue weighted by Gasteiger charge is -2.31. The van der Waals surface area contributed by atoms with Gasteiger partial charge in [0.15, 0.2) is 0 Å². The summed E-state index contributed by atoms with van der Waals surface area (Å²) in [5.41, 5.74) is 10.6. The fraction of sp³-hybridized carbons (Fsp3) is 0.167. The van der Waals surface area contributed by atoms with Crippen LogP contribution in [-0.2, 0) is 6.42 Å². The van der Waals surface area contributed by atoms with Crippen molar-refractivity contribution in [3.8, 4) is 0 Å². The molecule has 0 bridgehead atoms. The van der Waals surface area contributed by atoms with Gasteiger partial charge in [0.1, 0.15) is 0 Å². The minimum absolute atomic E-state index is 0.0578. The maximum atomic E-state index is 6.42. The summed E-state index contributed by atoms with van der Waals surface area (Å²) in [4.78, 5) is 6.57. The fourth-order valence-electron chi connectivity index (χ4n) is 2.67. The molecule has 3 heteroatoms. The predicted molar refractivity (Wildman–Crippen MR) is 86.8 cm³/mol. The topological polar surface area (TPSA) is 41.6 Å². The van der Waals surface area contributed by atoms with Crippen LogP contribution < -0.4 is 5.73 Å². The molecule has 0 fully saturated rings. The molecule has 2 aromatic rings. The van der Waals surface area contributed by atoms with Gasteiger partial charge in [-0.2, -0.15) is 0 Å². The third-order valence-electron chi connectivity index (χ3n) is 3.76. The van der Waals surface area contributed by atoms with Crippen molar-refractivity contribution in [3.05, 3.63) is 83.2 Å². The van der Waals surface area contributed by atoms with Crippen LogP contribution in [0.25, 0.3) is 0 Å². The summed E-state index contributed by atoms with van der Waals surface area (Å²) in [5.74, 6) is 0. The van der Waals surface area contributed by atoms with Crippen molar-refractivity contribution in [3.63, 3.8) is 0 Å². The number of nitrogens with two attached hydrogens (primary N) is 1. The van der Waals surface area contributed by atoms with Crippen molar-refractivity contribution in [1.82, 2.24) is 4.90 Å². The van der Waals surface area contributed by atoms with E-state index in [4.69, 9.17) is 5.73 Å². The molecule has 0 saturated heterocycles. The third-order valence-corrected chi connectivity index (χ3v) is 3.76. The second-order valence-electron chi connectivity index (χ2n) is 5.29. The van der Waals surface area contributed by atoms with E-state index in [1.54, 1.807) is 0 Å². The zero-order chi connectivity index (χ0) is 14.7. The maximum Gasteiger partial charge on any atom is 0.0962 e. The van der Waals surface area contributed by atoms with Crippen molar-refractivity contribution < 1.29 is 0 Å². The summed E-state index contributed by atoms with van der Waals surface area (Å²) in [6.45, 7) is 0. The number of hydrogen-bond donors (Lipinski definition) is 1. The van der Waals surface area contributed by atoms with Crippen molar-refractivity contribution in [2.75, 3.05) is 7.05 Å². The Morgan fingerprint density at radius 3 is 2.29 bits per heavy atom. The van der Waals surface area contributed by atoms with Gasteiger partial charge in [0, 0.05) is 13.5 Å². The average Bonchev–Trinajstić information content (AvgIpc) is 2.52. The van der Waals surface area contributed by atoms with Crippen molar-refractivity contribution in [2.45, 2.75) is 12.5 Å². The molecule has 0 radical (unpaired) electrons. The molecule has 2 aromatic carbocycles. The van der Waals surface area contributed by atoms with Crippen LogP contribution in [0.15, 0.2) is 77.1 Å². The van der Waals surface area contributed by atoms with Crippen LogP contribution in [0.5, 0.6) is 0 Å². The molecule has 1 aliphatic rings. The Morgan fingerprint density at radius 2 is 1.62 bits per heavy atom. The Labute approximate surface area is 125 Å². The van der Waals surface area contributed by atoms with Gasteiger partial charge in [-0.05, 0) is 11.1 Å². The number of likely N-dealkylation sites (N-methyl/N-ethyl adjacent to an activating group) is 1. The molecule has 2 N–H and O–H groups in total. The molecule has 3 rings (SSSR count). The molecule has 0 saturated carbocycles. The molecule has 1 heterocycles. The van der Waals surface area contributed by atoms with Gasteiger partial charge in [-0.1, -0.05) is 60.7 Å². The highest BCUT2D eigenvalue weighted by Crippen LogP contribution is 2.30. The normalized spacial score (nSPS) is 18.1. The van der Waals surface area contributed by atoms with E-state index in [1.165, 1.54) is 11.1 Å². The quantitative estimate of drug-likeness (QED) is 0.936. The fourth-order valence-corrected chi connectivity index (χ4v) is 2.67. The zero-order valence-electron chi connectivity index (χ0n) is 12.1. The first kappa shape index (κ1) is 13.4. The first-order chi connectivity index (χ1) is 10.3. The van der Waals surface area contributed by atoms with E-state index in [1.807, 2.05) is 49.8 Å². The monoisotopic (exact) mass is 277 g/mol. The van der Waals surface area contributed by atoms with Crippen LogP contribution >= 0.6 is 0 Å². The van der Waals surface area contributed by atoms with Crippen LogP contribution in [0.1, 0.15) is 17.2 Å². The maximum absolute atomic E-state index is 6.42. The number of hydrogen-bond acceptors (Lipinski definition) is 3. The first-order valence-electron chi connectivity index (χ1n) is 7.09. The largest absolute Gasteiger partial charge is 0.399 e. The lowest BCUT2D eigenvalue weighted by molar-refractivity contribution is 0.417. The highest BCUT2D eigenvalue weighted by Gasteiger charge is 2.24. The summed E-state index contributed by atoms with van der Waals surface area (Å²) in [5, 5.41) is 0. The molecule has 0 amide bonds. The van der Waals surface area contributed by atoms with Gasteiger partial charge in [0.25, 0.3) is 0 Å². The molecule has 0 spiro atoms. The van der Waals surface area contributed by atoms with Gasteiger partial charge in [0.05, 0.1) is 23.8 Å². The van der Waals surface area contributed by atoms with E-state index in [0.717, 1.165) is 17.8 Å². The number of nitrogens with zero attached hydrogens (tertiary/aromatic N) is 2. The van der Waals surface area contributed by atoms with E-state index in [9.17, 15) is 0 Å². The van der Waals surface area contributed by atoms with E-state index in [0.29, 0.717) is 0 Å². The minimum Gasteiger partial charge on any atom is -0.399 e. The van der Waals surface area contributed by atoms with Gasteiger partial charge in [0.2, 0.25) is 0 Å². The minimum atomic E-state index is 0.0578. The first-order valence-corrected chi connectivity index (χ1v) is 7.09. The molecule has 0 aromatic heterocycles. The Balaban J connectivity index is 1.93. The van der Waals surface area contributed by atoms with Crippen molar-refractivity contribution in [2.24, 2.45) is 10.7 Å². The van der Waals surface area contributed by atoms with Crippen LogP contribution in [0.2, 0.25) is 0 Å². The van der Waals surface area contributed by atoms with Crippen molar-refractivity contribution >= 4 is 6.34 Å². The van der Waals surface area contributed by atoms with Gasteiger partial charge < -0.3 is 10.6 Å².